The molecule has 0 spiro atoms. The Morgan fingerprint density at radius 1 is 1.11 bits per heavy atom. The first-order valence-electron chi connectivity index (χ1n) is 1.91. The fraction of sp³-hybridized carbons (Fsp3) is 0. The number of aliphatic carboxylic acids is 2. The Kier molecular flexibility index (Phi) is 2.25. The van der Waals surface area contributed by atoms with Crippen molar-refractivity contribution in [3.63, 3.8) is 0 Å². The Morgan fingerprint density at radius 3 is 1.67 bits per heavy atom. The zero-order valence-electron chi connectivity index (χ0n) is 4.24. The van der Waals surface area contributed by atoms with Crippen LogP contribution in [0.5, 0.6) is 0 Å². The molecule has 0 atom stereocenters. The van der Waals surface area contributed by atoms with Crippen molar-refractivity contribution < 1.29 is 24.9 Å². The summed E-state index contributed by atoms with van der Waals surface area (Å²) in [5.41, 5.74) is 0. The van der Waals surface area contributed by atoms with Gasteiger partial charge >= 0.3 is 11.9 Å². The molecule has 0 aromatic carbocycles. The standard InChI is InChI=1S/C4H4O5/c5-2(4(8)9)1-3(6)7/h1,5H,(H,6,7)(H,8,9)/b2-1-. The van der Waals surface area contributed by atoms with Gasteiger partial charge in [-0.25, -0.2) is 9.59 Å². The van der Waals surface area contributed by atoms with Crippen molar-refractivity contribution in [2.75, 3.05) is 0 Å². The lowest BCUT2D eigenvalue weighted by Gasteiger charge is -1.85. The lowest BCUT2D eigenvalue weighted by Crippen LogP contribution is -2.02. The Bertz CT molecular complexity index is 168. The molecule has 0 radical (unpaired) electrons. The first-order valence-corrected chi connectivity index (χ1v) is 1.91. The fourth-order valence-electron chi connectivity index (χ4n) is 0.179. The van der Waals surface area contributed by atoms with Crippen molar-refractivity contribution in [3.8, 4) is 0 Å². The van der Waals surface area contributed by atoms with E-state index < -0.39 is 17.7 Å². The van der Waals surface area contributed by atoms with E-state index >= 15 is 0 Å². The van der Waals surface area contributed by atoms with Crippen LogP contribution in [0.2, 0.25) is 0 Å². The molecule has 0 unspecified atom stereocenters. The van der Waals surface area contributed by atoms with Crippen LogP contribution < -0.4 is 0 Å². The smallest absolute Gasteiger partial charge is 0.371 e. The van der Waals surface area contributed by atoms with E-state index in [1.165, 1.54) is 0 Å². The minimum Gasteiger partial charge on any atom is -0.502 e. The number of hydrogen-bond acceptors (Lipinski definition) is 3. The van der Waals surface area contributed by atoms with E-state index in [9.17, 15) is 9.59 Å². The fourth-order valence-corrected chi connectivity index (χ4v) is 0.179. The molecular formula is C4H4O5. The van der Waals surface area contributed by atoms with Crippen LogP contribution in [0, 0.1) is 0 Å². The Labute approximate surface area is 49.9 Å². The van der Waals surface area contributed by atoms with Crippen LogP contribution in [-0.4, -0.2) is 27.3 Å². The van der Waals surface area contributed by atoms with Crippen LogP contribution in [0.25, 0.3) is 0 Å². The molecule has 0 heterocycles. The van der Waals surface area contributed by atoms with Gasteiger partial charge in [0.05, 0.1) is 6.08 Å². The number of aliphatic hydroxyl groups is 1. The largest absolute Gasteiger partial charge is 0.502 e. The van der Waals surface area contributed by atoms with E-state index in [1.807, 2.05) is 0 Å². The molecule has 0 fully saturated rings. The van der Waals surface area contributed by atoms with Crippen molar-refractivity contribution in [1.82, 2.24) is 0 Å². The third-order valence-corrected chi connectivity index (χ3v) is 0.479. The van der Waals surface area contributed by atoms with Crippen LogP contribution in [0.1, 0.15) is 0 Å². The second kappa shape index (κ2) is 2.71. The quantitative estimate of drug-likeness (QED) is 0.351. The predicted octanol–water partition coefficient (Wildman–Crippen LogP) is -0.402. The molecule has 0 rings (SSSR count). The van der Waals surface area contributed by atoms with E-state index in [2.05, 4.69) is 0 Å². The molecule has 0 saturated carbocycles. The second-order valence-electron chi connectivity index (χ2n) is 1.17. The molecule has 0 bridgehead atoms. The molecule has 9 heavy (non-hydrogen) atoms. The zero-order chi connectivity index (χ0) is 7.44. The average Bonchev–Trinajstić information content (AvgIpc) is 1.63. The summed E-state index contributed by atoms with van der Waals surface area (Å²) in [4.78, 5) is 19.3. The molecule has 0 aromatic heterocycles. The van der Waals surface area contributed by atoms with Crippen molar-refractivity contribution in [3.05, 3.63) is 11.8 Å². The highest BCUT2D eigenvalue weighted by Crippen LogP contribution is 1.85. The topological polar surface area (TPSA) is 94.8 Å². The predicted molar refractivity (Wildman–Crippen MR) is 26.0 cm³/mol. The first kappa shape index (κ1) is 7.48. The molecule has 50 valence electrons. The monoisotopic (exact) mass is 132 g/mol. The summed E-state index contributed by atoms with van der Waals surface area (Å²) in [6, 6.07) is 0. The second-order valence-corrected chi connectivity index (χ2v) is 1.17. The van der Waals surface area contributed by atoms with E-state index in [0.29, 0.717) is 0 Å². The number of aliphatic hydroxyl groups excluding tert-OH is 1. The molecule has 0 aliphatic carbocycles. The molecule has 0 amide bonds. The normalized spacial score (nSPS) is 10.9. The highest BCUT2D eigenvalue weighted by molar-refractivity contribution is 5.92. The minimum atomic E-state index is -1.66. The third-order valence-electron chi connectivity index (χ3n) is 0.479. The Hall–Kier alpha value is -1.52. The number of carbonyl (C=O) groups is 2. The summed E-state index contributed by atoms with van der Waals surface area (Å²) in [5.74, 6) is -4.32. The van der Waals surface area contributed by atoms with Gasteiger partial charge in [-0.1, -0.05) is 0 Å². The highest BCUT2D eigenvalue weighted by atomic mass is 16.4. The van der Waals surface area contributed by atoms with Gasteiger partial charge in [-0.3, -0.25) is 0 Å². The van der Waals surface area contributed by atoms with Gasteiger partial charge in [-0.2, -0.15) is 0 Å². The van der Waals surface area contributed by atoms with Gasteiger partial charge in [0.1, 0.15) is 0 Å². The van der Waals surface area contributed by atoms with Gasteiger partial charge in [-0.15, -0.1) is 0 Å². The van der Waals surface area contributed by atoms with E-state index in [1.54, 1.807) is 0 Å². The molecule has 0 saturated heterocycles. The molecule has 5 nitrogen and oxygen atoms in total. The number of carboxylic acids is 2. The van der Waals surface area contributed by atoms with E-state index in [4.69, 9.17) is 15.3 Å². The molecular weight excluding hydrogens is 128 g/mol. The van der Waals surface area contributed by atoms with Gasteiger partial charge in [0.15, 0.2) is 0 Å². The lowest BCUT2D eigenvalue weighted by molar-refractivity contribution is -0.137. The summed E-state index contributed by atoms with van der Waals surface area (Å²) in [6.45, 7) is 0. The molecule has 0 aromatic rings. The van der Waals surface area contributed by atoms with Gasteiger partial charge < -0.3 is 15.3 Å². The van der Waals surface area contributed by atoms with Crippen LogP contribution in [-0.2, 0) is 9.59 Å². The van der Waals surface area contributed by atoms with Crippen molar-refractivity contribution >= 4 is 11.9 Å². The van der Waals surface area contributed by atoms with Crippen molar-refractivity contribution in [2.45, 2.75) is 0 Å². The summed E-state index contributed by atoms with van der Waals surface area (Å²) in [5, 5.41) is 23.9. The van der Waals surface area contributed by atoms with E-state index in [-0.39, 0.29) is 6.08 Å². The van der Waals surface area contributed by atoms with E-state index in [0.717, 1.165) is 0 Å². The van der Waals surface area contributed by atoms with Crippen molar-refractivity contribution in [1.29, 1.82) is 0 Å². The van der Waals surface area contributed by atoms with Crippen molar-refractivity contribution in [2.24, 2.45) is 0 Å². The van der Waals surface area contributed by atoms with Crippen LogP contribution >= 0.6 is 0 Å². The number of carboxylic acid groups (broad SMARTS) is 2. The maximum absolute atomic E-state index is 9.65. The van der Waals surface area contributed by atoms with Gasteiger partial charge in [0, 0.05) is 0 Å². The molecule has 0 aliphatic heterocycles. The Morgan fingerprint density at radius 2 is 1.56 bits per heavy atom. The maximum atomic E-state index is 9.65. The van der Waals surface area contributed by atoms with Crippen LogP contribution in [0.4, 0.5) is 0 Å². The number of rotatable bonds is 2. The van der Waals surface area contributed by atoms with Gasteiger partial charge in [0.25, 0.3) is 0 Å². The minimum absolute atomic E-state index is 0.197. The lowest BCUT2D eigenvalue weighted by atomic mass is 10.4. The summed E-state index contributed by atoms with van der Waals surface area (Å²) < 4.78 is 0. The van der Waals surface area contributed by atoms with Crippen LogP contribution in [0.15, 0.2) is 11.8 Å². The summed E-state index contributed by atoms with van der Waals surface area (Å²) >= 11 is 0. The third kappa shape index (κ3) is 3.10. The molecule has 0 aliphatic rings. The SMILES string of the molecule is O=C(O)/C=C(\O)C(=O)O. The average molecular weight is 132 g/mol. The maximum Gasteiger partial charge on any atom is 0.371 e. The Balaban J connectivity index is 4.17. The number of hydrogen-bond donors (Lipinski definition) is 3. The van der Waals surface area contributed by atoms with Gasteiger partial charge in [0.2, 0.25) is 5.76 Å². The summed E-state index contributed by atoms with van der Waals surface area (Å²) in [7, 11) is 0. The molecule has 3 N–H and O–H groups in total. The van der Waals surface area contributed by atoms with Gasteiger partial charge in [-0.05, 0) is 0 Å². The zero-order valence-corrected chi connectivity index (χ0v) is 4.24. The molecule has 5 heteroatoms. The highest BCUT2D eigenvalue weighted by Gasteiger charge is 2.04. The first-order chi connectivity index (χ1) is 4.04. The van der Waals surface area contributed by atoms with Crippen LogP contribution in [0.3, 0.4) is 0 Å². The summed E-state index contributed by atoms with van der Waals surface area (Å²) in [6.07, 6.45) is 0.197.